The van der Waals surface area contributed by atoms with E-state index in [0.29, 0.717) is 23.0 Å². The molecule has 0 unspecified atom stereocenters. The molecular weight excluding hydrogens is 400 g/mol. The lowest BCUT2D eigenvalue weighted by Crippen LogP contribution is -2.14. The Labute approximate surface area is 184 Å². The van der Waals surface area contributed by atoms with Gasteiger partial charge in [-0.25, -0.2) is 9.67 Å². The summed E-state index contributed by atoms with van der Waals surface area (Å²) in [4.78, 5) is 17.6. The molecule has 0 aliphatic heterocycles. The third kappa shape index (κ3) is 3.79. The number of aromatic nitrogens is 5. The fourth-order valence-corrected chi connectivity index (χ4v) is 3.50. The van der Waals surface area contributed by atoms with Crippen molar-refractivity contribution in [3.63, 3.8) is 0 Å². The van der Waals surface area contributed by atoms with Crippen LogP contribution in [0.1, 0.15) is 16.2 Å². The first-order valence-corrected chi connectivity index (χ1v) is 10.2. The van der Waals surface area contributed by atoms with E-state index in [1.165, 1.54) is 0 Å². The van der Waals surface area contributed by atoms with Crippen LogP contribution in [-0.4, -0.2) is 30.9 Å². The van der Waals surface area contributed by atoms with E-state index in [-0.39, 0.29) is 5.91 Å². The van der Waals surface area contributed by atoms with Gasteiger partial charge in [-0.3, -0.25) is 9.89 Å². The number of hydrogen-bond donors (Lipinski definition) is 2. The average molecular weight is 420 g/mol. The van der Waals surface area contributed by atoms with E-state index in [1.54, 1.807) is 10.7 Å². The first-order chi connectivity index (χ1) is 15.7. The molecule has 7 nitrogen and oxygen atoms in total. The van der Waals surface area contributed by atoms with Gasteiger partial charge in [-0.15, -0.1) is 0 Å². The molecule has 0 spiro atoms. The highest BCUT2D eigenvalue weighted by molar-refractivity contribution is 6.04. The maximum Gasteiger partial charge on any atom is 0.276 e. The molecule has 156 valence electrons. The van der Waals surface area contributed by atoms with Crippen LogP contribution in [0.25, 0.3) is 28.5 Å². The zero-order valence-corrected chi connectivity index (χ0v) is 17.4. The Balaban J connectivity index is 1.42. The Kier molecular flexibility index (Phi) is 5.05. The summed E-state index contributed by atoms with van der Waals surface area (Å²) in [5.41, 5.74) is 4.40. The van der Waals surface area contributed by atoms with Gasteiger partial charge in [-0.05, 0) is 37.3 Å². The van der Waals surface area contributed by atoms with Crippen molar-refractivity contribution in [2.75, 3.05) is 5.32 Å². The Morgan fingerprint density at radius 3 is 2.38 bits per heavy atom. The molecule has 32 heavy (non-hydrogen) atoms. The number of aromatic amines is 1. The summed E-state index contributed by atoms with van der Waals surface area (Å²) in [5, 5.41) is 14.8. The number of rotatable bonds is 5. The van der Waals surface area contributed by atoms with E-state index in [9.17, 15) is 4.79 Å². The maximum absolute atomic E-state index is 13.0. The van der Waals surface area contributed by atoms with Crippen LogP contribution in [0, 0.1) is 6.92 Å². The van der Waals surface area contributed by atoms with Crippen LogP contribution in [0.15, 0.2) is 91.0 Å². The molecule has 0 fully saturated rings. The van der Waals surface area contributed by atoms with Crippen LogP contribution < -0.4 is 5.32 Å². The molecule has 5 rings (SSSR count). The van der Waals surface area contributed by atoms with Gasteiger partial charge in [0.25, 0.3) is 5.91 Å². The van der Waals surface area contributed by atoms with E-state index >= 15 is 0 Å². The number of nitrogens with zero attached hydrogens (tertiary/aromatic N) is 4. The summed E-state index contributed by atoms with van der Waals surface area (Å²) in [7, 11) is 0. The predicted octanol–water partition coefficient (Wildman–Crippen LogP) is 4.89. The fraction of sp³-hybridized carbons (Fsp3) is 0.0400. The Bertz CT molecular complexity index is 1370. The smallest absolute Gasteiger partial charge is 0.276 e. The quantitative estimate of drug-likeness (QED) is 0.424. The molecule has 2 N–H and O–H groups in total. The van der Waals surface area contributed by atoms with Crippen LogP contribution >= 0.6 is 0 Å². The molecule has 3 aromatic carbocycles. The number of hydrogen-bond acceptors (Lipinski definition) is 4. The third-order valence-corrected chi connectivity index (χ3v) is 5.07. The van der Waals surface area contributed by atoms with Gasteiger partial charge in [0.05, 0.1) is 11.4 Å². The highest BCUT2D eigenvalue weighted by atomic mass is 16.2. The van der Waals surface area contributed by atoms with Gasteiger partial charge in [0.15, 0.2) is 17.3 Å². The van der Waals surface area contributed by atoms with Crippen molar-refractivity contribution in [1.29, 1.82) is 0 Å². The molecule has 5 aromatic rings. The number of benzene rings is 3. The number of nitrogens with one attached hydrogen (secondary N) is 2. The molecule has 1 amide bonds. The summed E-state index contributed by atoms with van der Waals surface area (Å²) >= 11 is 0. The van der Waals surface area contributed by atoms with Gasteiger partial charge in [0.2, 0.25) is 0 Å². The molecule has 0 atom stereocenters. The Morgan fingerprint density at radius 2 is 1.59 bits per heavy atom. The third-order valence-electron chi connectivity index (χ3n) is 5.07. The topological polar surface area (TPSA) is 88.5 Å². The minimum atomic E-state index is -0.293. The normalized spacial score (nSPS) is 10.8. The summed E-state index contributed by atoms with van der Waals surface area (Å²) in [5.74, 6) is 0.878. The first kappa shape index (κ1) is 19.4. The van der Waals surface area contributed by atoms with Crippen LogP contribution in [0.5, 0.6) is 0 Å². The number of amides is 1. The van der Waals surface area contributed by atoms with Crippen LogP contribution in [0.4, 0.5) is 5.69 Å². The molecule has 0 aliphatic carbocycles. The van der Waals surface area contributed by atoms with Gasteiger partial charge in [0.1, 0.15) is 0 Å². The van der Waals surface area contributed by atoms with Crippen molar-refractivity contribution in [3.05, 3.63) is 102 Å². The number of anilines is 1. The predicted molar refractivity (Wildman–Crippen MR) is 124 cm³/mol. The molecule has 0 saturated heterocycles. The molecule has 0 bridgehead atoms. The number of aryl methyl sites for hydroxylation is 1. The van der Waals surface area contributed by atoms with Crippen molar-refractivity contribution < 1.29 is 4.79 Å². The molecule has 0 saturated carbocycles. The average Bonchev–Trinajstić information content (AvgIpc) is 3.48. The second kappa shape index (κ2) is 8.31. The Hall–Kier alpha value is -4.52. The highest BCUT2D eigenvalue weighted by Crippen LogP contribution is 2.27. The summed E-state index contributed by atoms with van der Waals surface area (Å²) < 4.78 is 1.75. The van der Waals surface area contributed by atoms with Gasteiger partial charge in [0, 0.05) is 16.8 Å². The minimum absolute atomic E-state index is 0.293. The van der Waals surface area contributed by atoms with Gasteiger partial charge in [-0.2, -0.15) is 10.2 Å². The Morgan fingerprint density at radius 1 is 0.906 bits per heavy atom. The lowest BCUT2D eigenvalue weighted by molar-refractivity contribution is 0.102. The molecule has 0 aliphatic rings. The maximum atomic E-state index is 13.0. The van der Waals surface area contributed by atoms with Gasteiger partial charge >= 0.3 is 0 Å². The van der Waals surface area contributed by atoms with Crippen LogP contribution in [0.2, 0.25) is 0 Å². The minimum Gasteiger partial charge on any atom is -0.320 e. The lowest BCUT2D eigenvalue weighted by atomic mass is 10.1. The highest BCUT2D eigenvalue weighted by Gasteiger charge is 2.17. The van der Waals surface area contributed by atoms with Crippen LogP contribution in [-0.2, 0) is 0 Å². The van der Waals surface area contributed by atoms with Crippen molar-refractivity contribution in [2.24, 2.45) is 0 Å². The van der Waals surface area contributed by atoms with E-state index < -0.39 is 0 Å². The van der Waals surface area contributed by atoms with Crippen molar-refractivity contribution >= 4 is 11.6 Å². The van der Waals surface area contributed by atoms with Crippen molar-refractivity contribution in [3.8, 4) is 28.5 Å². The largest absolute Gasteiger partial charge is 0.320 e. The number of carbonyl (C=O) groups is 1. The van der Waals surface area contributed by atoms with E-state index in [2.05, 4.69) is 25.6 Å². The lowest BCUT2D eigenvalue weighted by Gasteiger charge is -2.08. The van der Waals surface area contributed by atoms with E-state index in [0.717, 1.165) is 22.5 Å². The SMILES string of the molecule is Cc1cc(C(=O)Nc2ccccc2-c2nc(-c3ccccc3)n[nH]2)nn1-c1ccccc1. The van der Waals surface area contributed by atoms with Gasteiger partial charge in [-0.1, -0.05) is 60.7 Å². The zero-order valence-electron chi connectivity index (χ0n) is 17.4. The van der Waals surface area contributed by atoms with Crippen molar-refractivity contribution in [1.82, 2.24) is 25.0 Å². The van der Waals surface area contributed by atoms with Crippen LogP contribution in [0.3, 0.4) is 0 Å². The molecule has 7 heteroatoms. The summed E-state index contributed by atoms with van der Waals surface area (Å²) in [6, 6.07) is 28.7. The van der Waals surface area contributed by atoms with E-state index in [1.807, 2.05) is 91.9 Å². The zero-order chi connectivity index (χ0) is 21.9. The number of carbonyl (C=O) groups excluding carboxylic acids is 1. The van der Waals surface area contributed by atoms with Crippen molar-refractivity contribution in [2.45, 2.75) is 6.92 Å². The molecule has 0 radical (unpaired) electrons. The second-order valence-electron chi connectivity index (χ2n) is 7.29. The number of H-pyrrole nitrogens is 1. The van der Waals surface area contributed by atoms with Gasteiger partial charge < -0.3 is 5.32 Å². The fourth-order valence-electron chi connectivity index (χ4n) is 3.50. The molecule has 2 heterocycles. The summed E-state index contributed by atoms with van der Waals surface area (Å²) in [6.07, 6.45) is 0. The second-order valence-corrected chi connectivity index (χ2v) is 7.29. The standard InChI is InChI=1S/C25H20N6O/c1-17-16-22(30-31(17)19-12-6-3-7-13-19)25(32)26-21-15-9-8-14-20(21)24-27-23(28-29-24)18-10-4-2-5-11-18/h2-16H,1H3,(H,26,32)(H,27,28,29). The molecular formula is C25H20N6O. The van der Waals surface area contributed by atoms with E-state index in [4.69, 9.17) is 0 Å². The number of para-hydroxylation sites is 2. The monoisotopic (exact) mass is 420 g/mol. The first-order valence-electron chi connectivity index (χ1n) is 10.2. The summed E-state index contributed by atoms with van der Waals surface area (Å²) in [6.45, 7) is 1.92. The molecule has 2 aromatic heterocycles.